The van der Waals surface area contributed by atoms with Gasteiger partial charge in [-0.05, 0) is 201 Å². The van der Waals surface area contributed by atoms with E-state index in [-0.39, 0.29) is 28.1 Å². The van der Waals surface area contributed by atoms with Crippen LogP contribution in [0.1, 0.15) is 127 Å². The van der Waals surface area contributed by atoms with Crippen molar-refractivity contribution in [2.24, 2.45) is 11.8 Å². The lowest BCUT2D eigenvalue weighted by molar-refractivity contribution is 0.650. The first-order valence-corrected chi connectivity index (χ1v) is 30.6. The Hall–Kier alpha value is -7.58. The Morgan fingerprint density at radius 2 is 1.17 bits per heavy atom. The van der Waals surface area contributed by atoms with Gasteiger partial charge in [0.25, 0.3) is 0 Å². The molecule has 0 saturated heterocycles. The average Bonchev–Trinajstić information content (AvgIpc) is 4.16. The van der Waals surface area contributed by atoms with E-state index in [1.807, 2.05) is 0 Å². The van der Waals surface area contributed by atoms with Gasteiger partial charge < -0.3 is 0 Å². The van der Waals surface area contributed by atoms with Crippen molar-refractivity contribution in [3.63, 3.8) is 0 Å². The first-order chi connectivity index (χ1) is 37.5. The van der Waals surface area contributed by atoms with E-state index < -0.39 is 8.80 Å². The lowest BCUT2D eigenvalue weighted by Crippen LogP contribution is -2.28. The molecule has 0 N–H and O–H groups in total. The largest absolute Gasteiger partial charge is 0.105 e. The van der Waals surface area contributed by atoms with E-state index in [2.05, 4.69) is 228 Å². The van der Waals surface area contributed by atoms with Gasteiger partial charge in [0.05, 0.1) is 5.41 Å². The van der Waals surface area contributed by atoms with Crippen molar-refractivity contribution in [2.75, 3.05) is 0 Å². The number of allylic oxidation sites excluding steroid dienone is 22. The van der Waals surface area contributed by atoms with Gasteiger partial charge >= 0.3 is 0 Å². The topological polar surface area (TPSA) is 0 Å². The lowest BCUT2D eigenvalue weighted by atomic mass is 9.65. The van der Waals surface area contributed by atoms with E-state index in [0.717, 1.165) is 38.5 Å². The Morgan fingerprint density at radius 3 is 2.00 bits per heavy atom. The maximum Gasteiger partial charge on any atom is 0.105 e. The van der Waals surface area contributed by atoms with Gasteiger partial charge in [0.15, 0.2) is 0 Å². The number of fused-ring (bicyclic) bond motifs is 17. The predicted octanol–water partition coefficient (Wildman–Crippen LogP) is 18.9. The molecular weight excluding hydrogens is 941 g/mol. The van der Waals surface area contributed by atoms with Crippen molar-refractivity contribution < 1.29 is 0 Å². The van der Waals surface area contributed by atoms with Crippen LogP contribution in [0.4, 0.5) is 0 Å². The first-order valence-electron chi connectivity index (χ1n) is 28.6. The molecule has 3 unspecified atom stereocenters. The smallest absolute Gasteiger partial charge is 0.0952 e. The molecule has 1 heteroatoms. The van der Waals surface area contributed by atoms with Crippen molar-refractivity contribution in [1.82, 2.24) is 0 Å². The summed E-state index contributed by atoms with van der Waals surface area (Å²) in [7, 11) is -1.24. The molecule has 1 heterocycles. The summed E-state index contributed by atoms with van der Waals surface area (Å²) < 4.78 is 0. The number of hydrogen-bond acceptors (Lipinski definition) is 0. The van der Waals surface area contributed by atoms with E-state index >= 15 is 0 Å². The molecule has 0 fully saturated rings. The summed E-state index contributed by atoms with van der Waals surface area (Å²) in [6.45, 7) is 17.4. The summed E-state index contributed by atoms with van der Waals surface area (Å²) in [5.74, 6) is 0.471. The minimum atomic E-state index is -1.24. The summed E-state index contributed by atoms with van der Waals surface area (Å²) >= 11 is 0. The van der Waals surface area contributed by atoms with Crippen LogP contribution in [-0.2, 0) is 16.2 Å². The van der Waals surface area contributed by atoms with Gasteiger partial charge in [0.2, 0.25) is 0 Å². The second-order valence-corrected chi connectivity index (χ2v) is 26.9. The van der Waals surface area contributed by atoms with Crippen LogP contribution in [0.25, 0.3) is 50.1 Å². The molecule has 1 radical (unpaired) electrons. The monoisotopic (exact) mass is 1000 g/mol. The zero-order valence-electron chi connectivity index (χ0n) is 45.1. The Morgan fingerprint density at radius 1 is 0.532 bits per heavy atom. The van der Waals surface area contributed by atoms with Gasteiger partial charge in [-0.3, -0.25) is 0 Å². The minimum absolute atomic E-state index is 0.0402. The maximum atomic E-state index is 5.03. The summed E-state index contributed by atoms with van der Waals surface area (Å²) in [6, 6.07) is 50.2. The summed E-state index contributed by atoms with van der Waals surface area (Å²) in [6.07, 6.45) is 30.7. The molecule has 6 aromatic rings. The van der Waals surface area contributed by atoms with Gasteiger partial charge in [0, 0.05) is 22.7 Å². The number of hydrogen-bond donors (Lipinski definition) is 0. The van der Waals surface area contributed by atoms with Crippen molar-refractivity contribution >= 4 is 36.7 Å². The third-order valence-electron chi connectivity index (χ3n) is 20.2. The van der Waals surface area contributed by atoms with E-state index in [1.54, 1.807) is 16.3 Å². The highest BCUT2D eigenvalue weighted by molar-refractivity contribution is 6.72. The van der Waals surface area contributed by atoms with E-state index in [4.69, 9.17) is 6.58 Å². The highest BCUT2D eigenvalue weighted by atomic mass is 28.3. The molecule has 10 aliphatic rings. The number of rotatable bonds is 3. The highest BCUT2D eigenvalue weighted by Gasteiger charge is 2.53. The van der Waals surface area contributed by atoms with Crippen LogP contribution in [-0.4, -0.2) is 8.80 Å². The molecule has 0 nitrogen and oxygen atoms in total. The third-order valence-corrected chi connectivity index (χ3v) is 22.4. The quantitative estimate of drug-likeness (QED) is 0.155. The summed E-state index contributed by atoms with van der Waals surface area (Å²) in [4.78, 5) is 0. The van der Waals surface area contributed by atoms with Gasteiger partial charge in [-0.2, -0.15) is 0 Å². The van der Waals surface area contributed by atoms with Crippen LogP contribution in [0.2, 0.25) is 6.55 Å². The molecule has 0 bridgehead atoms. The maximum absolute atomic E-state index is 5.03. The summed E-state index contributed by atoms with van der Waals surface area (Å²) in [5, 5.41) is 1.56. The molecule has 0 amide bonds. The van der Waals surface area contributed by atoms with Gasteiger partial charge in [0.1, 0.15) is 8.80 Å². The van der Waals surface area contributed by atoms with Gasteiger partial charge in [-0.15, -0.1) is 0 Å². The molecule has 371 valence electrons. The standard InChI is InChI=1S/C76H63Si/c1-45-31-32-49(46-33-36-57-54-23-13-18-30-67(54)76(70(57)39-46)65-28-16-11-21-52(65)53-22-12-17-29-66(53)76)44-77(6)71-43-62-61(42-60(45)71)72(47-34-37-55-50-19-9-14-26-63(50)74(2,3)68(55)40-47)58-24-7-8-25-59(58)73(62)48-35-38-56-51-20-10-15-27-64(51)75(4,5)69(56)41-48/h7-8,10-16,18,20-23,25-28,30-41,43-44,58,60H,1,9,17,19,24,29,42H2,2-6H3/b32-31-,49-44+. The first kappa shape index (κ1) is 45.6. The molecule has 77 heavy (non-hydrogen) atoms. The van der Waals surface area contributed by atoms with Gasteiger partial charge in [-0.1, -0.05) is 222 Å². The SMILES string of the molecule is C=C1/C=C\C(c2ccc3c(c2)C2(C4=C(C=CCC4)c4ccccc42)c2ccccc2-3)=C/[Si](C)C2=CC3=C(c4ccc5c(c4)C(C)(C)c4ccccc4-5)C4=CC=CCC4C(c4ccc5c(c4)C(C)(C)C4=C5CCC=C4)=C3CC12. The Kier molecular flexibility index (Phi) is 9.61. The van der Waals surface area contributed by atoms with E-state index in [9.17, 15) is 0 Å². The highest BCUT2D eigenvalue weighted by Crippen LogP contribution is 2.64. The van der Waals surface area contributed by atoms with Crippen LogP contribution in [0.3, 0.4) is 0 Å². The van der Waals surface area contributed by atoms with Crippen molar-refractivity contribution in [2.45, 2.75) is 89.0 Å². The summed E-state index contributed by atoms with van der Waals surface area (Å²) in [5.41, 5.74) is 39.2. The molecular formula is C76H63Si. The van der Waals surface area contributed by atoms with Crippen LogP contribution in [0.5, 0.6) is 0 Å². The molecule has 9 aliphatic carbocycles. The Labute approximate surface area is 457 Å². The van der Waals surface area contributed by atoms with Crippen LogP contribution >= 0.6 is 0 Å². The van der Waals surface area contributed by atoms with Crippen molar-refractivity contribution in [3.8, 4) is 22.3 Å². The van der Waals surface area contributed by atoms with Crippen molar-refractivity contribution in [1.29, 1.82) is 0 Å². The predicted molar refractivity (Wildman–Crippen MR) is 325 cm³/mol. The molecule has 1 aliphatic heterocycles. The second kappa shape index (κ2) is 16.2. The average molecular weight is 1000 g/mol. The second-order valence-electron chi connectivity index (χ2n) is 24.7. The zero-order chi connectivity index (χ0) is 51.7. The van der Waals surface area contributed by atoms with Crippen LogP contribution in [0.15, 0.2) is 239 Å². The Bertz CT molecular complexity index is 4120. The fraction of sp³-hybridized carbons (Fsp3) is 0.211. The van der Waals surface area contributed by atoms with Gasteiger partial charge in [-0.25, -0.2) is 0 Å². The Balaban J connectivity index is 0.886. The molecule has 1 spiro atoms. The molecule has 6 aromatic carbocycles. The molecule has 3 atom stereocenters. The van der Waals surface area contributed by atoms with Crippen molar-refractivity contribution in [3.05, 3.63) is 300 Å². The third kappa shape index (κ3) is 6.10. The van der Waals surface area contributed by atoms with E-state index in [1.165, 1.54) is 134 Å². The van der Waals surface area contributed by atoms with Crippen LogP contribution in [0, 0.1) is 11.8 Å². The molecule has 16 rings (SSSR count). The lowest BCUT2D eigenvalue weighted by Gasteiger charge is -2.41. The fourth-order valence-electron chi connectivity index (χ4n) is 16.7. The minimum Gasteiger partial charge on any atom is -0.0952 e. The van der Waals surface area contributed by atoms with E-state index in [0.29, 0.717) is 0 Å². The fourth-order valence-corrected chi connectivity index (χ4v) is 18.8. The number of benzene rings is 6. The normalized spacial score (nSPS) is 25.3. The molecule has 0 aromatic heterocycles. The van der Waals surface area contributed by atoms with Crippen LogP contribution < -0.4 is 0 Å². The molecule has 0 saturated carbocycles. The zero-order valence-corrected chi connectivity index (χ0v) is 46.1.